The van der Waals surface area contributed by atoms with Gasteiger partial charge in [0.2, 0.25) is 0 Å². The van der Waals surface area contributed by atoms with Gasteiger partial charge in [-0.25, -0.2) is 4.39 Å². The molecule has 102 valence electrons. The molecule has 0 saturated carbocycles. The molecule has 0 unspecified atom stereocenters. The van der Waals surface area contributed by atoms with Crippen LogP contribution >= 0.6 is 11.6 Å². The second-order valence-corrected chi connectivity index (χ2v) is 4.55. The molecule has 0 aliphatic rings. The maximum absolute atomic E-state index is 13.7. The van der Waals surface area contributed by atoms with Gasteiger partial charge >= 0.3 is 0 Å². The molecule has 0 heterocycles. The highest BCUT2D eigenvalue weighted by atomic mass is 35.5. The molecule has 0 amide bonds. The van der Waals surface area contributed by atoms with E-state index >= 15 is 0 Å². The predicted molar refractivity (Wildman–Crippen MR) is 76.4 cm³/mol. The van der Waals surface area contributed by atoms with E-state index in [0.29, 0.717) is 34.1 Å². The van der Waals surface area contributed by atoms with Crippen molar-refractivity contribution in [1.82, 2.24) is 0 Å². The molecule has 0 aliphatic heterocycles. The summed E-state index contributed by atoms with van der Waals surface area (Å²) >= 11 is 5.70. The van der Waals surface area contributed by atoms with E-state index in [4.69, 9.17) is 21.6 Å². The molecule has 3 nitrogen and oxygen atoms in total. The van der Waals surface area contributed by atoms with Crippen molar-refractivity contribution >= 4 is 17.3 Å². The van der Waals surface area contributed by atoms with E-state index in [1.165, 1.54) is 13.2 Å². The molecular weight excluding hydrogens is 279 g/mol. The minimum atomic E-state index is -0.363. The Balaban J connectivity index is 2.16. The third-order valence-electron chi connectivity index (χ3n) is 2.82. The van der Waals surface area contributed by atoms with Crippen molar-refractivity contribution in [2.24, 2.45) is 0 Å². The first kappa shape index (κ1) is 14.2. The highest BCUT2D eigenvalue weighted by Crippen LogP contribution is 2.26. The molecule has 2 aromatic rings. The molecule has 2 aromatic carbocycles. The van der Waals surface area contributed by atoms with Crippen molar-refractivity contribution in [3.05, 3.63) is 58.4 Å². The summed E-state index contributed by atoms with van der Waals surface area (Å²) in [6.45, 7) is 0.297. The van der Waals surface area contributed by atoms with Gasteiger partial charge in [-0.05, 0) is 24.3 Å². The summed E-state index contributed by atoms with van der Waals surface area (Å²) in [4.78, 5) is 0. The normalized spacial score (nSPS) is 9.90. The van der Waals surface area contributed by atoms with Crippen molar-refractivity contribution in [2.75, 3.05) is 12.4 Å². The summed E-state index contributed by atoms with van der Waals surface area (Å²) in [7, 11) is 1.52. The van der Waals surface area contributed by atoms with Gasteiger partial charge in [0.05, 0.1) is 24.4 Å². The molecule has 0 bridgehead atoms. The van der Waals surface area contributed by atoms with Crippen molar-refractivity contribution in [3.63, 3.8) is 0 Å². The Bertz CT molecular complexity index is 667. The van der Waals surface area contributed by atoms with E-state index < -0.39 is 0 Å². The fourth-order valence-corrected chi connectivity index (χ4v) is 1.92. The zero-order valence-electron chi connectivity index (χ0n) is 10.8. The molecule has 0 spiro atoms. The van der Waals surface area contributed by atoms with Gasteiger partial charge in [0.15, 0.2) is 0 Å². The minimum absolute atomic E-state index is 0.297. The molecule has 2 rings (SSSR count). The van der Waals surface area contributed by atoms with Crippen LogP contribution in [0.5, 0.6) is 5.75 Å². The third kappa shape index (κ3) is 3.19. The Morgan fingerprint density at radius 1 is 1.30 bits per heavy atom. The average molecular weight is 291 g/mol. The van der Waals surface area contributed by atoms with Gasteiger partial charge in [0, 0.05) is 23.2 Å². The average Bonchev–Trinajstić information content (AvgIpc) is 2.46. The number of rotatable bonds is 4. The van der Waals surface area contributed by atoms with Crippen molar-refractivity contribution in [1.29, 1.82) is 5.26 Å². The summed E-state index contributed by atoms with van der Waals surface area (Å²) in [5.74, 6) is 0.177. The molecule has 0 aliphatic carbocycles. The van der Waals surface area contributed by atoms with Gasteiger partial charge in [0.1, 0.15) is 11.6 Å². The number of ether oxygens (including phenoxy) is 1. The lowest BCUT2D eigenvalue weighted by Gasteiger charge is -2.12. The van der Waals surface area contributed by atoms with Crippen LogP contribution in [0, 0.1) is 17.1 Å². The van der Waals surface area contributed by atoms with E-state index in [9.17, 15) is 4.39 Å². The standard InChI is InChI=1S/C15H12ClFN2O/c1-20-15-6-10(8-18)2-5-14(15)19-9-11-3-4-12(16)7-13(11)17/h2-7,19H,9H2,1H3. The SMILES string of the molecule is COc1cc(C#N)ccc1NCc1ccc(Cl)cc1F. The Hall–Kier alpha value is -2.25. The van der Waals surface area contributed by atoms with Crippen LogP contribution in [0.3, 0.4) is 0 Å². The molecule has 0 atom stereocenters. The third-order valence-corrected chi connectivity index (χ3v) is 3.05. The lowest BCUT2D eigenvalue weighted by Crippen LogP contribution is -2.03. The number of nitrogens with one attached hydrogen (secondary N) is 1. The van der Waals surface area contributed by atoms with Gasteiger partial charge in [-0.15, -0.1) is 0 Å². The zero-order valence-corrected chi connectivity index (χ0v) is 11.5. The molecule has 0 fully saturated rings. The first-order valence-electron chi connectivity index (χ1n) is 5.90. The zero-order chi connectivity index (χ0) is 14.5. The van der Waals surface area contributed by atoms with Gasteiger partial charge in [-0.1, -0.05) is 17.7 Å². The summed E-state index contributed by atoms with van der Waals surface area (Å²) < 4.78 is 18.9. The fourth-order valence-electron chi connectivity index (χ4n) is 1.76. The molecule has 5 heteroatoms. The van der Waals surface area contributed by atoms with Crippen LogP contribution < -0.4 is 10.1 Å². The van der Waals surface area contributed by atoms with Crippen molar-refractivity contribution < 1.29 is 9.13 Å². The topological polar surface area (TPSA) is 45.0 Å². The number of hydrogen-bond donors (Lipinski definition) is 1. The maximum atomic E-state index is 13.7. The molecule has 0 aromatic heterocycles. The first-order chi connectivity index (χ1) is 9.63. The van der Waals surface area contributed by atoms with Crippen LogP contribution in [0.1, 0.15) is 11.1 Å². The van der Waals surface area contributed by atoms with Crippen molar-refractivity contribution in [3.8, 4) is 11.8 Å². The fraction of sp³-hybridized carbons (Fsp3) is 0.133. The van der Waals surface area contributed by atoms with Crippen LogP contribution in [-0.4, -0.2) is 7.11 Å². The van der Waals surface area contributed by atoms with Gasteiger partial charge in [0.25, 0.3) is 0 Å². The Kier molecular flexibility index (Phi) is 4.44. The predicted octanol–water partition coefficient (Wildman–Crippen LogP) is 3.97. The van der Waals surface area contributed by atoms with Gasteiger partial charge in [-0.3, -0.25) is 0 Å². The smallest absolute Gasteiger partial charge is 0.143 e. The number of anilines is 1. The first-order valence-corrected chi connectivity index (χ1v) is 6.28. The molecule has 0 saturated heterocycles. The number of nitriles is 1. The van der Waals surface area contributed by atoms with Crippen LogP contribution in [0.2, 0.25) is 5.02 Å². The van der Waals surface area contributed by atoms with Crippen molar-refractivity contribution in [2.45, 2.75) is 6.54 Å². The van der Waals surface area contributed by atoms with Gasteiger partial charge in [-0.2, -0.15) is 5.26 Å². The number of nitrogens with zero attached hydrogens (tertiary/aromatic N) is 1. The monoisotopic (exact) mass is 290 g/mol. The Morgan fingerprint density at radius 2 is 2.10 bits per heavy atom. The molecular formula is C15H12ClFN2O. The second kappa shape index (κ2) is 6.27. The van der Waals surface area contributed by atoms with Crippen LogP contribution in [0.4, 0.5) is 10.1 Å². The molecule has 1 N–H and O–H groups in total. The molecule has 0 radical (unpaired) electrons. The summed E-state index contributed by atoms with van der Waals surface area (Å²) in [5, 5.41) is 12.3. The Labute approximate surface area is 121 Å². The number of methoxy groups -OCH3 is 1. The summed E-state index contributed by atoms with van der Waals surface area (Å²) in [6.07, 6.45) is 0. The maximum Gasteiger partial charge on any atom is 0.143 e. The van der Waals surface area contributed by atoms with Gasteiger partial charge < -0.3 is 10.1 Å². The lowest BCUT2D eigenvalue weighted by atomic mass is 10.1. The number of hydrogen-bond acceptors (Lipinski definition) is 3. The number of halogens is 2. The van der Waals surface area contributed by atoms with Crippen LogP contribution in [-0.2, 0) is 6.54 Å². The highest BCUT2D eigenvalue weighted by Gasteiger charge is 2.07. The van der Waals surface area contributed by atoms with E-state index in [1.54, 1.807) is 30.3 Å². The lowest BCUT2D eigenvalue weighted by molar-refractivity contribution is 0.416. The Morgan fingerprint density at radius 3 is 2.75 bits per heavy atom. The largest absolute Gasteiger partial charge is 0.495 e. The number of benzene rings is 2. The van der Waals surface area contributed by atoms with E-state index in [1.807, 2.05) is 6.07 Å². The summed E-state index contributed by atoms with van der Waals surface area (Å²) in [6, 6.07) is 11.6. The quantitative estimate of drug-likeness (QED) is 0.926. The van der Waals surface area contributed by atoms with E-state index in [0.717, 1.165) is 0 Å². The van der Waals surface area contributed by atoms with Crippen LogP contribution in [0.15, 0.2) is 36.4 Å². The molecule has 20 heavy (non-hydrogen) atoms. The van der Waals surface area contributed by atoms with Crippen LogP contribution in [0.25, 0.3) is 0 Å². The minimum Gasteiger partial charge on any atom is -0.495 e. The summed E-state index contributed by atoms with van der Waals surface area (Å²) in [5.41, 5.74) is 1.70. The second-order valence-electron chi connectivity index (χ2n) is 4.12. The van der Waals surface area contributed by atoms with E-state index in [2.05, 4.69) is 5.32 Å². The highest BCUT2D eigenvalue weighted by molar-refractivity contribution is 6.30. The van der Waals surface area contributed by atoms with E-state index in [-0.39, 0.29) is 5.82 Å².